The Morgan fingerprint density at radius 1 is 0.545 bits per heavy atom. The molecule has 0 N–H and O–H groups in total. The molecule has 3 heterocycles. The fraction of sp³-hybridized carbons (Fsp3) is 0.241. The molecule has 1 aliphatic heterocycles. The Morgan fingerprint density at radius 3 is 1.45 bits per heavy atom. The Bertz CT molecular complexity index is 1330. The average Bonchev–Trinajstić information content (AvgIpc) is 3.37. The Hall–Kier alpha value is -3.34. The van der Waals surface area contributed by atoms with E-state index in [1.807, 2.05) is 0 Å². The Kier molecular flexibility index (Phi) is 5.05. The van der Waals surface area contributed by atoms with E-state index in [1.54, 1.807) is 0 Å². The standard InChI is InChI=1S/C29H30N4/c1-30-16-9-17-31(2)19-23-21-33(27-13-6-4-11-25(23)27)29-15-8-7-14-28(29)32-20-22(18-30)24-10-3-5-12-26(24)32/h3-8,10-15,20-21H,9,16-19H2,1-2H3. The predicted molar refractivity (Wildman–Crippen MR) is 137 cm³/mol. The SMILES string of the molecule is CN1CCCN(C)Cc2cn(c3ccccc23)-c2ccccc2-n2cc(c3ccccc32)C1. The monoisotopic (exact) mass is 434 g/mol. The van der Waals surface area contributed by atoms with Crippen molar-refractivity contribution in [3.8, 4) is 11.4 Å². The number of hydrogen-bond donors (Lipinski definition) is 0. The molecular weight excluding hydrogens is 404 g/mol. The van der Waals surface area contributed by atoms with Crippen molar-refractivity contribution in [2.24, 2.45) is 0 Å². The highest BCUT2D eigenvalue weighted by molar-refractivity contribution is 5.88. The van der Waals surface area contributed by atoms with E-state index in [2.05, 4.69) is 118 Å². The van der Waals surface area contributed by atoms with Crippen molar-refractivity contribution in [2.45, 2.75) is 19.5 Å². The number of fused-ring (bicyclic) bond motifs is 13. The molecule has 5 aromatic rings. The van der Waals surface area contributed by atoms with Gasteiger partial charge in [0.15, 0.2) is 0 Å². The van der Waals surface area contributed by atoms with Gasteiger partial charge in [0.2, 0.25) is 0 Å². The Labute approximate surface area is 195 Å². The van der Waals surface area contributed by atoms with Crippen molar-refractivity contribution in [3.63, 3.8) is 0 Å². The van der Waals surface area contributed by atoms with Crippen molar-refractivity contribution < 1.29 is 0 Å². The maximum absolute atomic E-state index is 2.45. The van der Waals surface area contributed by atoms with E-state index in [-0.39, 0.29) is 0 Å². The molecule has 33 heavy (non-hydrogen) atoms. The van der Waals surface area contributed by atoms with Crippen LogP contribution < -0.4 is 0 Å². The van der Waals surface area contributed by atoms with Crippen LogP contribution in [0.5, 0.6) is 0 Å². The van der Waals surface area contributed by atoms with Gasteiger partial charge in [0.1, 0.15) is 0 Å². The van der Waals surface area contributed by atoms with Crippen molar-refractivity contribution in [1.29, 1.82) is 0 Å². The fourth-order valence-corrected chi connectivity index (χ4v) is 5.37. The summed E-state index contributed by atoms with van der Waals surface area (Å²) >= 11 is 0. The molecule has 0 amide bonds. The summed E-state index contributed by atoms with van der Waals surface area (Å²) in [6.07, 6.45) is 5.85. The second-order valence-electron chi connectivity index (χ2n) is 9.40. The third kappa shape index (κ3) is 3.56. The third-order valence-corrected chi connectivity index (χ3v) is 6.95. The zero-order valence-corrected chi connectivity index (χ0v) is 19.4. The van der Waals surface area contributed by atoms with Crippen molar-refractivity contribution >= 4 is 21.8 Å². The van der Waals surface area contributed by atoms with Gasteiger partial charge < -0.3 is 18.9 Å². The van der Waals surface area contributed by atoms with Crippen LogP contribution >= 0.6 is 0 Å². The van der Waals surface area contributed by atoms with E-state index >= 15 is 0 Å². The molecule has 0 saturated heterocycles. The molecule has 0 aliphatic carbocycles. The van der Waals surface area contributed by atoms with Crippen molar-refractivity contribution in [1.82, 2.24) is 18.9 Å². The predicted octanol–water partition coefficient (Wildman–Crippen LogP) is 5.84. The lowest BCUT2D eigenvalue weighted by molar-refractivity contribution is 0.271. The number of rotatable bonds is 0. The first-order chi connectivity index (χ1) is 16.2. The molecule has 4 nitrogen and oxygen atoms in total. The molecule has 6 rings (SSSR count). The lowest BCUT2D eigenvalue weighted by Gasteiger charge is -2.20. The van der Waals surface area contributed by atoms with Crippen LogP contribution in [0.3, 0.4) is 0 Å². The third-order valence-electron chi connectivity index (χ3n) is 6.95. The first-order valence-corrected chi connectivity index (χ1v) is 11.8. The first-order valence-electron chi connectivity index (χ1n) is 11.8. The number of aromatic nitrogens is 2. The van der Waals surface area contributed by atoms with Gasteiger partial charge in [0.25, 0.3) is 0 Å². The van der Waals surface area contributed by atoms with Gasteiger partial charge >= 0.3 is 0 Å². The zero-order chi connectivity index (χ0) is 22.4. The van der Waals surface area contributed by atoms with Crippen LogP contribution in [0.2, 0.25) is 0 Å². The summed E-state index contributed by atoms with van der Waals surface area (Å²) < 4.78 is 4.77. The maximum atomic E-state index is 2.45. The maximum Gasteiger partial charge on any atom is 0.0697 e. The summed E-state index contributed by atoms with van der Waals surface area (Å²) in [5, 5.41) is 2.67. The van der Waals surface area contributed by atoms with Crippen molar-refractivity contribution in [2.75, 3.05) is 27.2 Å². The van der Waals surface area contributed by atoms with Gasteiger partial charge in [-0.1, -0.05) is 48.5 Å². The average molecular weight is 435 g/mol. The number of para-hydroxylation sites is 4. The zero-order valence-electron chi connectivity index (χ0n) is 19.4. The van der Waals surface area contributed by atoms with E-state index in [9.17, 15) is 0 Å². The molecule has 166 valence electrons. The lowest BCUT2D eigenvalue weighted by Crippen LogP contribution is -2.25. The molecule has 4 bridgehead atoms. The highest BCUT2D eigenvalue weighted by atomic mass is 15.1. The largest absolute Gasteiger partial charge is 0.314 e. The van der Waals surface area contributed by atoms with Crippen LogP contribution in [0.15, 0.2) is 85.2 Å². The molecule has 0 atom stereocenters. The van der Waals surface area contributed by atoms with Crippen molar-refractivity contribution in [3.05, 3.63) is 96.3 Å². The molecule has 0 saturated carbocycles. The Balaban J connectivity index is 1.64. The van der Waals surface area contributed by atoms with E-state index < -0.39 is 0 Å². The lowest BCUT2D eigenvalue weighted by atomic mass is 10.1. The molecule has 2 aromatic heterocycles. The van der Waals surface area contributed by atoms with Crippen LogP contribution in [0.1, 0.15) is 17.5 Å². The Morgan fingerprint density at radius 2 is 0.970 bits per heavy atom. The van der Waals surface area contributed by atoms with Crippen LogP contribution in [-0.2, 0) is 13.1 Å². The van der Waals surface area contributed by atoms with E-state index in [0.29, 0.717) is 0 Å². The van der Waals surface area contributed by atoms with Gasteiger partial charge in [-0.3, -0.25) is 0 Å². The highest BCUT2D eigenvalue weighted by Gasteiger charge is 2.18. The van der Waals surface area contributed by atoms with Crippen LogP contribution in [0, 0.1) is 0 Å². The van der Waals surface area contributed by atoms with E-state index in [4.69, 9.17) is 0 Å². The highest BCUT2D eigenvalue weighted by Crippen LogP contribution is 2.32. The van der Waals surface area contributed by atoms with Crippen LogP contribution in [0.4, 0.5) is 0 Å². The van der Waals surface area contributed by atoms with Crippen LogP contribution in [-0.4, -0.2) is 46.1 Å². The molecule has 0 spiro atoms. The first kappa shape index (κ1) is 20.3. The number of hydrogen-bond acceptors (Lipinski definition) is 2. The molecular formula is C29H30N4. The molecule has 0 radical (unpaired) electrons. The van der Waals surface area contributed by atoms with Gasteiger partial charge in [-0.15, -0.1) is 0 Å². The second-order valence-corrected chi connectivity index (χ2v) is 9.40. The smallest absolute Gasteiger partial charge is 0.0697 e. The van der Waals surface area contributed by atoms with Gasteiger partial charge in [0, 0.05) is 36.3 Å². The van der Waals surface area contributed by atoms with Gasteiger partial charge in [-0.05, 0) is 69.0 Å². The van der Waals surface area contributed by atoms with Crippen LogP contribution in [0.25, 0.3) is 33.2 Å². The molecule has 0 fully saturated rings. The number of benzene rings is 3. The summed E-state index contributed by atoms with van der Waals surface area (Å²) in [4.78, 5) is 4.91. The topological polar surface area (TPSA) is 16.3 Å². The second kappa shape index (κ2) is 8.22. The minimum atomic E-state index is 0.954. The van der Waals surface area contributed by atoms with E-state index in [1.165, 1.54) is 44.3 Å². The number of nitrogens with zero attached hydrogens (tertiary/aromatic N) is 4. The van der Waals surface area contributed by atoms with Gasteiger partial charge in [0.05, 0.1) is 22.4 Å². The summed E-state index contributed by atoms with van der Waals surface area (Å²) in [6.45, 7) is 4.08. The summed E-state index contributed by atoms with van der Waals surface area (Å²) in [7, 11) is 4.48. The van der Waals surface area contributed by atoms with Gasteiger partial charge in [-0.2, -0.15) is 0 Å². The normalized spacial score (nSPS) is 15.9. The summed E-state index contributed by atoms with van der Waals surface area (Å²) in [5.41, 5.74) is 7.69. The quantitative estimate of drug-likeness (QED) is 0.304. The molecule has 0 unspecified atom stereocenters. The minimum Gasteiger partial charge on any atom is -0.314 e. The molecule has 3 aromatic carbocycles. The minimum absolute atomic E-state index is 0.954. The molecule has 1 aliphatic rings. The molecule has 4 heteroatoms. The fourth-order valence-electron chi connectivity index (χ4n) is 5.37. The summed E-state index contributed by atoms with van der Waals surface area (Å²) in [5.74, 6) is 0. The van der Waals surface area contributed by atoms with Gasteiger partial charge in [-0.25, -0.2) is 0 Å². The van der Waals surface area contributed by atoms with E-state index in [0.717, 1.165) is 32.6 Å². The summed E-state index contributed by atoms with van der Waals surface area (Å²) in [6, 6.07) is 26.4.